The molecule has 9 heteroatoms. The summed E-state index contributed by atoms with van der Waals surface area (Å²) in [5.74, 6) is 2.08. The highest BCUT2D eigenvalue weighted by Crippen LogP contribution is 2.60. The SMILES string of the molecule is COc1cc(/C=C2\SC(=O)N(c3ccc(Cl)c(Cl)c3)C2=O)ccc1OC(=O)C12CC3CC(CC(C3)C1)C2. The predicted molar refractivity (Wildman–Crippen MR) is 144 cm³/mol. The number of hydrogen-bond acceptors (Lipinski definition) is 6. The van der Waals surface area contributed by atoms with E-state index in [1.165, 1.54) is 32.4 Å². The molecule has 0 radical (unpaired) electrons. The van der Waals surface area contributed by atoms with Crippen molar-refractivity contribution in [1.82, 2.24) is 0 Å². The molecule has 4 saturated carbocycles. The molecule has 2 aromatic rings. The topological polar surface area (TPSA) is 72.9 Å². The Balaban J connectivity index is 1.21. The third-order valence-corrected chi connectivity index (χ3v) is 9.72. The molecule has 4 bridgehead atoms. The summed E-state index contributed by atoms with van der Waals surface area (Å²) in [6, 6.07) is 9.74. The molecule has 0 N–H and O–H groups in total. The molecule has 4 aliphatic carbocycles. The number of benzene rings is 2. The van der Waals surface area contributed by atoms with Crippen molar-refractivity contribution in [2.75, 3.05) is 12.0 Å². The maximum atomic E-state index is 13.4. The largest absolute Gasteiger partial charge is 0.493 e. The molecule has 37 heavy (non-hydrogen) atoms. The van der Waals surface area contributed by atoms with E-state index < -0.39 is 11.1 Å². The van der Waals surface area contributed by atoms with Crippen LogP contribution in [0.25, 0.3) is 6.08 Å². The third-order valence-electron chi connectivity index (χ3n) is 8.11. The summed E-state index contributed by atoms with van der Waals surface area (Å²) >= 11 is 12.9. The highest BCUT2D eigenvalue weighted by molar-refractivity contribution is 8.19. The number of ether oxygens (including phenoxy) is 2. The van der Waals surface area contributed by atoms with Crippen molar-refractivity contribution in [3.63, 3.8) is 0 Å². The van der Waals surface area contributed by atoms with Gasteiger partial charge in [0.05, 0.1) is 33.2 Å². The maximum absolute atomic E-state index is 13.4. The summed E-state index contributed by atoms with van der Waals surface area (Å²) in [7, 11) is 1.51. The number of halogens is 2. The number of amides is 2. The van der Waals surface area contributed by atoms with Crippen molar-refractivity contribution in [2.24, 2.45) is 23.2 Å². The quantitative estimate of drug-likeness (QED) is 0.217. The number of anilines is 1. The lowest BCUT2D eigenvalue weighted by molar-refractivity contribution is -0.161. The van der Waals surface area contributed by atoms with Gasteiger partial charge in [-0.15, -0.1) is 0 Å². The normalized spacial score (nSPS) is 29.3. The van der Waals surface area contributed by atoms with E-state index >= 15 is 0 Å². The average Bonchev–Trinajstić information content (AvgIpc) is 3.13. The van der Waals surface area contributed by atoms with Crippen LogP contribution in [-0.2, 0) is 9.59 Å². The highest BCUT2D eigenvalue weighted by Gasteiger charge is 2.55. The molecule has 2 amide bonds. The molecule has 5 aliphatic rings. The highest BCUT2D eigenvalue weighted by atomic mass is 35.5. The van der Waals surface area contributed by atoms with Gasteiger partial charge in [-0.1, -0.05) is 29.3 Å². The fourth-order valence-corrected chi connectivity index (χ4v) is 8.03. The Kier molecular flexibility index (Phi) is 6.29. The molecule has 0 spiro atoms. The zero-order valence-corrected chi connectivity index (χ0v) is 22.5. The Bertz CT molecular complexity index is 1320. The molecule has 2 aromatic carbocycles. The van der Waals surface area contributed by atoms with Gasteiger partial charge in [0.15, 0.2) is 11.5 Å². The van der Waals surface area contributed by atoms with E-state index in [1.807, 2.05) is 0 Å². The second-order valence-corrected chi connectivity index (χ2v) is 12.4. The zero-order chi connectivity index (χ0) is 25.9. The molecule has 7 rings (SSSR count). The van der Waals surface area contributed by atoms with Crippen molar-refractivity contribution in [2.45, 2.75) is 38.5 Å². The molecule has 5 fully saturated rings. The Morgan fingerprint density at radius 1 is 0.973 bits per heavy atom. The number of imide groups is 1. The number of esters is 1. The van der Waals surface area contributed by atoms with Gasteiger partial charge in [0, 0.05) is 0 Å². The Labute approximate surface area is 229 Å². The van der Waals surface area contributed by atoms with Crippen LogP contribution in [0, 0.1) is 23.2 Å². The third kappa shape index (κ3) is 4.45. The summed E-state index contributed by atoms with van der Waals surface area (Å²) in [4.78, 5) is 40.4. The van der Waals surface area contributed by atoms with Crippen LogP contribution in [-0.4, -0.2) is 24.2 Å². The fraction of sp³-hybridized carbons (Fsp3) is 0.393. The van der Waals surface area contributed by atoms with Crippen molar-refractivity contribution >= 4 is 63.8 Å². The molecule has 1 heterocycles. The molecule has 192 valence electrons. The van der Waals surface area contributed by atoms with Crippen LogP contribution in [0.5, 0.6) is 11.5 Å². The lowest BCUT2D eigenvalue weighted by Crippen LogP contribution is -2.51. The van der Waals surface area contributed by atoms with Crippen molar-refractivity contribution < 1.29 is 23.9 Å². The van der Waals surface area contributed by atoms with Crippen LogP contribution in [0.1, 0.15) is 44.1 Å². The standard InChI is InChI=1S/C28H25Cl2NO5S/c1-35-23-9-15(10-24-25(32)31(27(34)37-24)19-3-4-20(29)21(30)11-19)2-5-22(23)36-26(33)28-12-16-6-17(13-28)8-18(7-16)14-28/h2-5,9-11,16-18H,6-8,12-14H2,1H3/b24-10-. The van der Waals surface area contributed by atoms with Gasteiger partial charge in [-0.3, -0.25) is 14.4 Å². The van der Waals surface area contributed by atoms with Crippen LogP contribution in [0.4, 0.5) is 10.5 Å². The second-order valence-electron chi connectivity index (χ2n) is 10.6. The molecule has 0 atom stereocenters. The van der Waals surface area contributed by atoms with Gasteiger partial charge in [-0.25, -0.2) is 4.90 Å². The number of methoxy groups -OCH3 is 1. The Morgan fingerprint density at radius 2 is 1.65 bits per heavy atom. The van der Waals surface area contributed by atoms with Gasteiger partial charge in [0.2, 0.25) is 0 Å². The minimum absolute atomic E-state index is 0.152. The summed E-state index contributed by atoms with van der Waals surface area (Å²) in [6.45, 7) is 0. The van der Waals surface area contributed by atoms with Gasteiger partial charge in [0.25, 0.3) is 11.1 Å². The number of nitrogens with zero attached hydrogens (tertiary/aromatic N) is 1. The number of rotatable bonds is 5. The van der Waals surface area contributed by atoms with Gasteiger partial charge in [-0.05, 0) is 110 Å². The smallest absolute Gasteiger partial charge is 0.317 e. The van der Waals surface area contributed by atoms with E-state index in [-0.39, 0.29) is 21.3 Å². The molecular weight excluding hydrogens is 533 g/mol. The zero-order valence-electron chi connectivity index (χ0n) is 20.2. The van der Waals surface area contributed by atoms with Gasteiger partial charge in [0.1, 0.15) is 0 Å². The number of carbonyl (C=O) groups is 3. The summed E-state index contributed by atoms with van der Waals surface area (Å²) in [6.07, 6.45) is 8.14. The number of thioether (sulfide) groups is 1. The van der Waals surface area contributed by atoms with E-state index in [1.54, 1.807) is 36.4 Å². The van der Waals surface area contributed by atoms with Crippen LogP contribution < -0.4 is 14.4 Å². The Hall–Kier alpha value is -2.48. The number of hydrogen-bond donors (Lipinski definition) is 0. The van der Waals surface area contributed by atoms with Gasteiger partial charge < -0.3 is 9.47 Å². The first-order valence-electron chi connectivity index (χ1n) is 12.4. The lowest BCUT2D eigenvalue weighted by atomic mass is 9.49. The minimum atomic E-state index is -0.454. The lowest BCUT2D eigenvalue weighted by Gasteiger charge is -2.55. The molecular formula is C28H25Cl2NO5S. The van der Waals surface area contributed by atoms with Gasteiger partial charge in [-0.2, -0.15) is 0 Å². The summed E-state index contributed by atoms with van der Waals surface area (Å²) < 4.78 is 11.5. The monoisotopic (exact) mass is 557 g/mol. The first kappa shape index (κ1) is 24.8. The second kappa shape index (κ2) is 9.37. The van der Waals surface area contributed by atoms with Crippen LogP contribution >= 0.6 is 35.0 Å². The predicted octanol–water partition coefficient (Wildman–Crippen LogP) is 7.36. The van der Waals surface area contributed by atoms with E-state index in [0.717, 1.165) is 35.9 Å². The van der Waals surface area contributed by atoms with Crippen LogP contribution in [0.3, 0.4) is 0 Å². The van der Waals surface area contributed by atoms with E-state index in [9.17, 15) is 14.4 Å². The van der Waals surface area contributed by atoms with Crippen molar-refractivity contribution in [1.29, 1.82) is 0 Å². The van der Waals surface area contributed by atoms with Crippen molar-refractivity contribution in [3.8, 4) is 11.5 Å². The van der Waals surface area contributed by atoms with E-state index in [4.69, 9.17) is 32.7 Å². The number of carbonyl (C=O) groups excluding carboxylic acids is 3. The van der Waals surface area contributed by atoms with Crippen molar-refractivity contribution in [3.05, 3.63) is 56.9 Å². The van der Waals surface area contributed by atoms with E-state index in [2.05, 4.69) is 0 Å². The average molecular weight is 558 g/mol. The fourth-order valence-electron chi connectivity index (χ4n) is 6.89. The summed E-state index contributed by atoms with van der Waals surface area (Å²) in [5, 5.41) is 0.164. The molecule has 1 aliphatic heterocycles. The molecule has 6 nitrogen and oxygen atoms in total. The van der Waals surface area contributed by atoms with E-state index in [0.29, 0.717) is 45.5 Å². The first-order valence-corrected chi connectivity index (χ1v) is 14.0. The molecule has 0 aromatic heterocycles. The summed E-state index contributed by atoms with van der Waals surface area (Å²) in [5.41, 5.74) is 0.623. The van der Waals surface area contributed by atoms with Crippen LogP contribution in [0.2, 0.25) is 10.0 Å². The molecule has 0 unspecified atom stereocenters. The van der Waals surface area contributed by atoms with Crippen LogP contribution in [0.15, 0.2) is 41.3 Å². The maximum Gasteiger partial charge on any atom is 0.317 e. The minimum Gasteiger partial charge on any atom is -0.493 e. The molecule has 1 saturated heterocycles. The van der Waals surface area contributed by atoms with Gasteiger partial charge >= 0.3 is 5.97 Å². The Morgan fingerprint density at radius 3 is 2.27 bits per heavy atom. The first-order chi connectivity index (χ1) is 17.7.